The van der Waals surface area contributed by atoms with E-state index in [-0.39, 0.29) is 6.04 Å². The summed E-state index contributed by atoms with van der Waals surface area (Å²) in [6, 6.07) is 4.06. The number of rotatable bonds is 3. The van der Waals surface area contributed by atoms with Crippen LogP contribution < -0.4 is 10.5 Å². The Labute approximate surface area is 112 Å². The molecule has 3 nitrogen and oxygen atoms in total. The van der Waals surface area contributed by atoms with Crippen molar-refractivity contribution in [3.8, 4) is 17.0 Å². The molecule has 0 aliphatic carbocycles. The van der Waals surface area contributed by atoms with Crippen LogP contribution in [0.4, 0.5) is 0 Å². The van der Waals surface area contributed by atoms with Crippen LogP contribution in [0.5, 0.6) is 5.75 Å². The van der Waals surface area contributed by atoms with Gasteiger partial charge in [-0.15, -0.1) is 11.3 Å². The number of hydrogen-bond donors (Lipinski definition) is 1. The van der Waals surface area contributed by atoms with Gasteiger partial charge in [0.1, 0.15) is 10.8 Å². The quantitative estimate of drug-likeness (QED) is 0.921. The second kappa shape index (κ2) is 5.08. The Morgan fingerprint density at radius 2 is 1.89 bits per heavy atom. The highest BCUT2D eigenvalue weighted by molar-refractivity contribution is 7.10. The van der Waals surface area contributed by atoms with E-state index in [1.165, 1.54) is 16.7 Å². The Balaban J connectivity index is 2.49. The minimum Gasteiger partial charge on any atom is -0.497 e. The molecule has 0 aliphatic heterocycles. The van der Waals surface area contributed by atoms with E-state index in [4.69, 9.17) is 10.5 Å². The zero-order valence-electron chi connectivity index (χ0n) is 11.2. The van der Waals surface area contributed by atoms with Crippen molar-refractivity contribution in [1.82, 2.24) is 4.98 Å². The van der Waals surface area contributed by atoms with Crippen molar-refractivity contribution in [3.05, 3.63) is 33.6 Å². The Morgan fingerprint density at radius 1 is 1.28 bits per heavy atom. The van der Waals surface area contributed by atoms with Gasteiger partial charge in [0, 0.05) is 10.9 Å². The molecule has 0 radical (unpaired) electrons. The van der Waals surface area contributed by atoms with Crippen LogP contribution in [-0.2, 0) is 0 Å². The lowest BCUT2D eigenvalue weighted by molar-refractivity contribution is 0.414. The molecule has 0 amide bonds. The standard InChI is InChI=1S/C14H18N2OS/c1-8-5-11(17-4)6-9(2)13(8)12-7-18-14(16-12)10(3)15/h5-7,10H,15H2,1-4H3. The van der Waals surface area contributed by atoms with Gasteiger partial charge < -0.3 is 10.5 Å². The molecule has 1 aromatic carbocycles. The van der Waals surface area contributed by atoms with Gasteiger partial charge in [0.15, 0.2) is 0 Å². The number of nitrogens with two attached hydrogens (primary N) is 1. The Morgan fingerprint density at radius 3 is 2.33 bits per heavy atom. The molecule has 0 aliphatic rings. The fourth-order valence-corrected chi connectivity index (χ4v) is 2.83. The molecule has 0 fully saturated rings. The van der Waals surface area contributed by atoms with Crippen molar-refractivity contribution in [2.45, 2.75) is 26.8 Å². The molecule has 96 valence electrons. The summed E-state index contributed by atoms with van der Waals surface area (Å²) in [6.45, 7) is 6.11. The molecule has 0 saturated carbocycles. The van der Waals surface area contributed by atoms with Gasteiger partial charge in [0.25, 0.3) is 0 Å². The van der Waals surface area contributed by atoms with Crippen LogP contribution in [0, 0.1) is 13.8 Å². The smallest absolute Gasteiger partial charge is 0.119 e. The van der Waals surface area contributed by atoms with Crippen molar-refractivity contribution in [2.75, 3.05) is 7.11 Å². The minimum atomic E-state index is -0.0115. The highest BCUT2D eigenvalue weighted by Gasteiger charge is 2.13. The molecule has 1 heterocycles. The lowest BCUT2D eigenvalue weighted by Crippen LogP contribution is -2.04. The second-order valence-electron chi connectivity index (χ2n) is 4.50. The SMILES string of the molecule is COc1cc(C)c(-c2csc(C(C)N)n2)c(C)c1. The average Bonchev–Trinajstić information content (AvgIpc) is 2.77. The van der Waals surface area contributed by atoms with E-state index >= 15 is 0 Å². The van der Waals surface area contributed by atoms with Crippen LogP contribution in [0.15, 0.2) is 17.5 Å². The largest absolute Gasteiger partial charge is 0.497 e. The van der Waals surface area contributed by atoms with Gasteiger partial charge in [-0.05, 0) is 44.0 Å². The number of aromatic nitrogens is 1. The van der Waals surface area contributed by atoms with Gasteiger partial charge in [0.05, 0.1) is 18.8 Å². The second-order valence-corrected chi connectivity index (χ2v) is 5.39. The molecule has 18 heavy (non-hydrogen) atoms. The number of thiazole rings is 1. The normalized spacial score (nSPS) is 12.5. The van der Waals surface area contributed by atoms with Crippen LogP contribution in [0.1, 0.15) is 29.1 Å². The van der Waals surface area contributed by atoms with Crippen molar-refractivity contribution >= 4 is 11.3 Å². The number of aryl methyl sites for hydroxylation is 2. The molecule has 0 saturated heterocycles. The third-order valence-corrected chi connectivity index (χ3v) is 3.96. The van der Waals surface area contributed by atoms with E-state index in [0.29, 0.717) is 0 Å². The van der Waals surface area contributed by atoms with E-state index in [1.807, 2.05) is 19.1 Å². The third kappa shape index (κ3) is 2.40. The first-order valence-corrected chi connectivity index (χ1v) is 6.77. The molecule has 2 aromatic rings. The van der Waals surface area contributed by atoms with Crippen LogP contribution in [0.25, 0.3) is 11.3 Å². The fourth-order valence-electron chi connectivity index (χ4n) is 2.06. The van der Waals surface area contributed by atoms with E-state index in [9.17, 15) is 0 Å². The highest BCUT2D eigenvalue weighted by Crippen LogP contribution is 2.32. The predicted octanol–water partition coefficient (Wildman–Crippen LogP) is 3.46. The summed E-state index contributed by atoms with van der Waals surface area (Å²) in [5.41, 5.74) is 10.4. The number of benzene rings is 1. The van der Waals surface area contributed by atoms with E-state index in [1.54, 1.807) is 18.4 Å². The molecule has 0 bridgehead atoms. The van der Waals surface area contributed by atoms with Crippen molar-refractivity contribution in [3.63, 3.8) is 0 Å². The molecule has 0 spiro atoms. The average molecular weight is 262 g/mol. The molecular weight excluding hydrogens is 244 g/mol. The maximum absolute atomic E-state index is 5.85. The van der Waals surface area contributed by atoms with Gasteiger partial charge >= 0.3 is 0 Å². The minimum absolute atomic E-state index is 0.0115. The molecule has 4 heteroatoms. The van der Waals surface area contributed by atoms with Crippen LogP contribution in [-0.4, -0.2) is 12.1 Å². The molecule has 1 aromatic heterocycles. The van der Waals surface area contributed by atoms with E-state index in [2.05, 4.69) is 24.2 Å². The molecule has 1 atom stereocenters. The van der Waals surface area contributed by atoms with Crippen molar-refractivity contribution in [1.29, 1.82) is 0 Å². The summed E-state index contributed by atoms with van der Waals surface area (Å²) < 4.78 is 5.27. The van der Waals surface area contributed by atoms with Crippen LogP contribution in [0.3, 0.4) is 0 Å². The zero-order chi connectivity index (χ0) is 13.3. The number of ether oxygens (including phenoxy) is 1. The highest BCUT2D eigenvalue weighted by atomic mass is 32.1. The monoisotopic (exact) mass is 262 g/mol. The molecule has 1 unspecified atom stereocenters. The summed E-state index contributed by atoms with van der Waals surface area (Å²) in [5.74, 6) is 0.886. The predicted molar refractivity (Wildman–Crippen MR) is 76.2 cm³/mol. The third-order valence-electron chi connectivity index (χ3n) is 2.91. The number of nitrogens with zero attached hydrogens (tertiary/aromatic N) is 1. The van der Waals surface area contributed by atoms with Crippen molar-refractivity contribution < 1.29 is 4.74 Å². The summed E-state index contributed by atoms with van der Waals surface area (Å²) >= 11 is 1.61. The maximum Gasteiger partial charge on any atom is 0.119 e. The summed E-state index contributed by atoms with van der Waals surface area (Å²) in [4.78, 5) is 4.61. The Bertz CT molecular complexity index is 538. The van der Waals surface area contributed by atoms with E-state index in [0.717, 1.165) is 16.5 Å². The maximum atomic E-state index is 5.85. The molecule has 2 N–H and O–H groups in total. The first-order valence-electron chi connectivity index (χ1n) is 5.89. The number of hydrogen-bond acceptors (Lipinski definition) is 4. The van der Waals surface area contributed by atoms with Crippen molar-refractivity contribution in [2.24, 2.45) is 5.73 Å². The lowest BCUT2D eigenvalue weighted by atomic mass is 10.0. The van der Waals surface area contributed by atoms with E-state index < -0.39 is 0 Å². The molecule has 2 rings (SSSR count). The van der Waals surface area contributed by atoms with Gasteiger partial charge in [-0.2, -0.15) is 0 Å². The summed E-state index contributed by atoms with van der Waals surface area (Å²) in [7, 11) is 1.69. The Hall–Kier alpha value is -1.39. The lowest BCUT2D eigenvalue weighted by Gasteiger charge is -2.10. The first kappa shape index (κ1) is 13.1. The van der Waals surface area contributed by atoms with Gasteiger partial charge in [-0.25, -0.2) is 4.98 Å². The zero-order valence-corrected chi connectivity index (χ0v) is 12.0. The summed E-state index contributed by atoms with van der Waals surface area (Å²) in [5, 5.41) is 3.04. The van der Waals surface area contributed by atoms with Crippen LogP contribution >= 0.6 is 11.3 Å². The molecular formula is C14H18N2OS. The fraction of sp³-hybridized carbons (Fsp3) is 0.357. The van der Waals surface area contributed by atoms with Gasteiger partial charge in [-0.1, -0.05) is 0 Å². The van der Waals surface area contributed by atoms with Gasteiger partial charge in [0.2, 0.25) is 0 Å². The topological polar surface area (TPSA) is 48.1 Å². The summed E-state index contributed by atoms with van der Waals surface area (Å²) in [6.07, 6.45) is 0. The Kier molecular flexibility index (Phi) is 3.68. The van der Waals surface area contributed by atoms with Crippen LogP contribution in [0.2, 0.25) is 0 Å². The number of methoxy groups -OCH3 is 1. The van der Waals surface area contributed by atoms with Gasteiger partial charge in [-0.3, -0.25) is 0 Å². The first-order chi connectivity index (χ1) is 8.52.